The molecule has 0 radical (unpaired) electrons. The molecule has 0 aliphatic heterocycles. The van der Waals surface area contributed by atoms with Crippen molar-refractivity contribution >= 4 is 11.8 Å². The summed E-state index contributed by atoms with van der Waals surface area (Å²) in [6, 6.07) is 0. The van der Waals surface area contributed by atoms with Crippen LogP contribution in [0.1, 0.15) is 38.2 Å². The largest absolute Gasteiger partial charge is 0.388 e. The highest BCUT2D eigenvalue weighted by atomic mass is 16.3. The van der Waals surface area contributed by atoms with Crippen LogP contribution in [0, 0.1) is 12.8 Å². The number of hydrogen-bond donors (Lipinski definition) is 3. The maximum Gasteiger partial charge on any atom is 0.224 e. The normalized spacial score (nSPS) is 27.1. The van der Waals surface area contributed by atoms with Gasteiger partial charge >= 0.3 is 0 Å². The molecule has 3 N–H and O–H groups in total. The van der Waals surface area contributed by atoms with Gasteiger partial charge in [-0.15, -0.1) is 0 Å². The van der Waals surface area contributed by atoms with Gasteiger partial charge in [-0.25, -0.2) is 4.98 Å². The summed E-state index contributed by atoms with van der Waals surface area (Å²) >= 11 is 0. The van der Waals surface area contributed by atoms with Crippen molar-refractivity contribution in [2.24, 2.45) is 5.92 Å². The van der Waals surface area contributed by atoms with E-state index in [0.29, 0.717) is 12.5 Å². The first-order valence-corrected chi connectivity index (χ1v) is 7.00. The molecule has 19 heavy (non-hydrogen) atoms. The smallest absolute Gasteiger partial charge is 0.224 e. The lowest BCUT2D eigenvalue weighted by Gasteiger charge is -2.35. The Kier molecular flexibility index (Phi) is 4.24. The van der Waals surface area contributed by atoms with Gasteiger partial charge in [-0.1, -0.05) is 6.92 Å². The maximum atomic E-state index is 10.5. The number of aryl methyl sites for hydroxylation is 1. The summed E-state index contributed by atoms with van der Waals surface area (Å²) in [4.78, 5) is 8.53. The van der Waals surface area contributed by atoms with Gasteiger partial charge in [0, 0.05) is 25.4 Å². The summed E-state index contributed by atoms with van der Waals surface area (Å²) in [5.41, 5.74) is 0.399. The van der Waals surface area contributed by atoms with E-state index in [1.165, 1.54) is 0 Å². The second kappa shape index (κ2) is 5.74. The number of hydrogen-bond acceptors (Lipinski definition) is 5. The average Bonchev–Trinajstić information content (AvgIpc) is 2.42. The Morgan fingerprint density at radius 2 is 2.11 bits per heavy atom. The van der Waals surface area contributed by atoms with Crippen molar-refractivity contribution in [3.8, 4) is 0 Å². The fraction of sp³-hybridized carbons (Fsp3) is 0.714. The van der Waals surface area contributed by atoms with Crippen LogP contribution in [0.5, 0.6) is 0 Å². The van der Waals surface area contributed by atoms with Crippen LogP contribution in [0.25, 0.3) is 0 Å². The van der Waals surface area contributed by atoms with Crippen LogP contribution >= 0.6 is 0 Å². The van der Waals surface area contributed by atoms with E-state index in [-0.39, 0.29) is 0 Å². The van der Waals surface area contributed by atoms with E-state index in [2.05, 4.69) is 27.5 Å². The molecule has 5 heteroatoms. The highest BCUT2D eigenvalue weighted by molar-refractivity contribution is 5.46. The predicted octanol–water partition coefficient (Wildman–Crippen LogP) is 2.18. The van der Waals surface area contributed by atoms with E-state index in [9.17, 15) is 5.11 Å². The van der Waals surface area contributed by atoms with E-state index in [1.807, 2.05) is 6.92 Å². The van der Waals surface area contributed by atoms with Crippen molar-refractivity contribution in [1.82, 2.24) is 9.97 Å². The lowest BCUT2D eigenvalue weighted by atomic mass is 9.79. The molecule has 0 saturated heterocycles. The third kappa shape index (κ3) is 3.56. The van der Waals surface area contributed by atoms with Crippen LogP contribution in [-0.2, 0) is 0 Å². The Hall–Kier alpha value is -1.36. The monoisotopic (exact) mass is 264 g/mol. The first-order valence-electron chi connectivity index (χ1n) is 7.00. The van der Waals surface area contributed by atoms with Gasteiger partial charge in [-0.3, -0.25) is 0 Å². The minimum absolute atomic E-state index is 0.556. The van der Waals surface area contributed by atoms with E-state index in [1.54, 1.807) is 13.2 Å². The number of anilines is 2. The zero-order chi connectivity index (χ0) is 13.9. The quantitative estimate of drug-likeness (QED) is 0.777. The van der Waals surface area contributed by atoms with Crippen molar-refractivity contribution in [1.29, 1.82) is 0 Å². The molecule has 0 unspecified atom stereocenters. The van der Waals surface area contributed by atoms with E-state index in [0.717, 1.165) is 43.0 Å². The fourth-order valence-electron chi connectivity index (χ4n) is 2.47. The molecule has 1 heterocycles. The molecule has 1 aromatic rings. The van der Waals surface area contributed by atoms with Crippen LogP contribution in [0.4, 0.5) is 11.8 Å². The van der Waals surface area contributed by atoms with Gasteiger partial charge in [0.2, 0.25) is 5.95 Å². The fourth-order valence-corrected chi connectivity index (χ4v) is 2.47. The van der Waals surface area contributed by atoms with Crippen LogP contribution in [0.2, 0.25) is 0 Å². The first kappa shape index (κ1) is 14.1. The molecular weight excluding hydrogens is 240 g/mol. The van der Waals surface area contributed by atoms with Crippen molar-refractivity contribution < 1.29 is 5.11 Å². The summed E-state index contributed by atoms with van der Waals surface area (Å²) in [6.07, 6.45) is 5.72. The van der Waals surface area contributed by atoms with Crippen molar-refractivity contribution in [2.75, 3.05) is 24.2 Å². The van der Waals surface area contributed by atoms with Crippen LogP contribution in [0.3, 0.4) is 0 Å². The highest BCUT2D eigenvalue weighted by Crippen LogP contribution is 2.32. The molecule has 0 amide bonds. The summed E-state index contributed by atoms with van der Waals surface area (Å²) in [6.45, 7) is 4.77. The second-order valence-electron chi connectivity index (χ2n) is 5.74. The molecular formula is C14H24N4O. The number of nitrogens with one attached hydrogen (secondary N) is 2. The Balaban J connectivity index is 1.98. The number of aromatic nitrogens is 2. The van der Waals surface area contributed by atoms with Crippen molar-refractivity contribution in [3.05, 3.63) is 11.8 Å². The molecule has 106 valence electrons. The van der Waals surface area contributed by atoms with Gasteiger partial charge in [0.25, 0.3) is 0 Å². The summed E-state index contributed by atoms with van der Waals surface area (Å²) in [5, 5.41) is 16.7. The van der Waals surface area contributed by atoms with Gasteiger partial charge in [0.15, 0.2) is 0 Å². The first-order chi connectivity index (χ1) is 9.02. The van der Waals surface area contributed by atoms with Crippen LogP contribution < -0.4 is 10.6 Å². The zero-order valence-corrected chi connectivity index (χ0v) is 12.0. The molecule has 0 atom stereocenters. The van der Waals surface area contributed by atoms with Gasteiger partial charge in [0.05, 0.1) is 5.60 Å². The summed E-state index contributed by atoms with van der Waals surface area (Å²) in [7, 11) is 1.80. The SMILES string of the molecule is CNc1ncc(C)c(NCC2(O)CCC(C)CC2)n1. The standard InChI is InChI=1S/C14H24N4O/c1-10-4-6-14(19,7-5-10)9-17-12-11(2)8-16-13(15-3)18-12/h8,10,19H,4-7,9H2,1-3H3,(H2,15,16,17,18). The zero-order valence-electron chi connectivity index (χ0n) is 12.0. The van der Waals surface area contributed by atoms with E-state index >= 15 is 0 Å². The van der Waals surface area contributed by atoms with Crippen molar-refractivity contribution in [2.45, 2.75) is 45.1 Å². The highest BCUT2D eigenvalue weighted by Gasteiger charge is 2.31. The van der Waals surface area contributed by atoms with Crippen LogP contribution in [-0.4, -0.2) is 34.3 Å². The average molecular weight is 264 g/mol. The predicted molar refractivity (Wildman–Crippen MR) is 77.4 cm³/mol. The third-order valence-corrected chi connectivity index (χ3v) is 3.99. The Morgan fingerprint density at radius 1 is 1.42 bits per heavy atom. The van der Waals surface area contributed by atoms with E-state index in [4.69, 9.17) is 0 Å². The van der Waals surface area contributed by atoms with Gasteiger partial charge < -0.3 is 15.7 Å². The molecule has 1 fully saturated rings. The van der Waals surface area contributed by atoms with Gasteiger partial charge in [0.1, 0.15) is 5.82 Å². The lowest BCUT2D eigenvalue weighted by Crippen LogP contribution is -2.40. The van der Waals surface area contributed by atoms with Gasteiger partial charge in [-0.2, -0.15) is 4.98 Å². The second-order valence-corrected chi connectivity index (χ2v) is 5.74. The maximum absolute atomic E-state index is 10.5. The molecule has 1 saturated carbocycles. The molecule has 2 rings (SSSR count). The molecule has 1 aliphatic carbocycles. The molecule has 0 spiro atoms. The minimum Gasteiger partial charge on any atom is -0.388 e. The molecule has 1 aliphatic rings. The Bertz CT molecular complexity index is 427. The minimum atomic E-state index is -0.594. The number of aliphatic hydroxyl groups is 1. The molecule has 1 aromatic heterocycles. The summed E-state index contributed by atoms with van der Waals surface area (Å²) in [5.74, 6) is 2.13. The van der Waals surface area contributed by atoms with E-state index < -0.39 is 5.60 Å². The summed E-state index contributed by atoms with van der Waals surface area (Å²) < 4.78 is 0. The number of rotatable bonds is 4. The topological polar surface area (TPSA) is 70.1 Å². The Labute approximate surface area is 114 Å². The molecule has 5 nitrogen and oxygen atoms in total. The molecule has 0 aromatic carbocycles. The van der Waals surface area contributed by atoms with Crippen LogP contribution in [0.15, 0.2) is 6.20 Å². The lowest BCUT2D eigenvalue weighted by molar-refractivity contribution is 0.00494. The molecule has 0 bridgehead atoms. The number of nitrogens with zero attached hydrogens (tertiary/aromatic N) is 2. The van der Waals surface area contributed by atoms with Crippen molar-refractivity contribution in [3.63, 3.8) is 0 Å². The Morgan fingerprint density at radius 3 is 2.74 bits per heavy atom. The third-order valence-electron chi connectivity index (χ3n) is 3.99. The van der Waals surface area contributed by atoms with Gasteiger partial charge in [-0.05, 0) is 38.5 Å².